The average molecular weight is 272 g/mol. The average Bonchev–Trinajstić information content (AvgIpc) is 3.22. The van der Waals surface area contributed by atoms with E-state index in [9.17, 15) is 4.79 Å². The molecule has 3 rings (SSSR count). The van der Waals surface area contributed by atoms with Gasteiger partial charge in [-0.2, -0.15) is 0 Å². The van der Waals surface area contributed by atoms with Crippen LogP contribution in [0.3, 0.4) is 0 Å². The Hall–Kier alpha value is -1.84. The molecule has 2 fully saturated rings. The fraction of sp³-hybridized carbons (Fsp3) is 0.500. The second-order valence-corrected chi connectivity index (χ2v) is 5.63. The van der Waals surface area contributed by atoms with E-state index in [1.807, 2.05) is 6.92 Å². The van der Waals surface area contributed by atoms with Crippen LogP contribution in [0.25, 0.3) is 5.57 Å². The second-order valence-electron chi connectivity index (χ2n) is 5.63. The quantitative estimate of drug-likeness (QED) is 0.916. The van der Waals surface area contributed by atoms with E-state index < -0.39 is 0 Å². The molecule has 0 aromatic carbocycles. The van der Waals surface area contributed by atoms with Crippen LogP contribution in [0.4, 0.5) is 0 Å². The largest absolute Gasteiger partial charge is 0.481 e. The minimum Gasteiger partial charge on any atom is -0.481 e. The number of carbonyl (C=O) groups is 1. The fourth-order valence-electron chi connectivity index (χ4n) is 2.69. The van der Waals surface area contributed by atoms with Gasteiger partial charge in [0.15, 0.2) is 0 Å². The Bertz CT molecular complexity index is 562. The molecule has 1 amide bonds. The molecule has 1 aromatic heterocycles. The van der Waals surface area contributed by atoms with Crippen molar-refractivity contribution in [3.8, 4) is 5.88 Å². The van der Waals surface area contributed by atoms with E-state index in [4.69, 9.17) is 4.74 Å². The zero-order chi connectivity index (χ0) is 14.1. The molecule has 4 heteroatoms. The number of hydrogen-bond donors (Lipinski definition) is 1. The molecule has 20 heavy (non-hydrogen) atoms. The number of rotatable bonds is 4. The lowest BCUT2D eigenvalue weighted by Crippen LogP contribution is -2.23. The molecule has 4 nitrogen and oxygen atoms in total. The minimum absolute atomic E-state index is 0.133. The molecule has 1 N–H and O–H groups in total. The second kappa shape index (κ2) is 5.27. The lowest BCUT2D eigenvalue weighted by molar-refractivity contribution is -0.119. The summed E-state index contributed by atoms with van der Waals surface area (Å²) in [5, 5.41) is 2.95. The van der Waals surface area contributed by atoms with Crippen LogP contribution in [-0.2, 0) is 4.79 Å². The standard InChI is InChI=1S/C16H20N2O2/c1-10(9-12-5-8-15(19)17-12)14-7-6-13(11-3-4-11)16(18-14)20-2/h6-7,9,11-12H,3-5,8H2,1-2H3,(H,17,19)/b10-9+/t12-/m1/s1. The summed E-state index contributed by atoms with van der Waals surface area (Å²) in [6.45, 7) is 2.03. The Morgan fingerprint density at radius 1 is 1.40 bits per heavy atom. The summed E-state index contributed by atoms with van der Waals surface area (Å²) in [4.78, 5) is 15.8. The number of nitrogens with zero attached hydrogens (tertiary/aromatic N) is 1. The molecule has 1 saturated carbocycles. The van der Waals surface area contributed by atoms with Gasteiger partial charge in [0.05, 0.1) is 12.8 Å². The lowest BCUT2D eigenvalue weighted by atomic mass is 10.1. The molecule has 2 heterocycles. The molecule has 106 valence electrons. The maximum absolute atomic E-state index is 11.2. The molecule has 0 radical (unpaired) electrons. The first kappa shape index (κ1) is 13.2. The minimum atomic E-state index is 0.133. The summed E-state index contributed by atoms with van der Waals surface area (Å²) in [6, 6.07) is 4.32. The zero-order valence-corrected chi connectivity index (χ0v) is 12.0. The highest BCUT2D eigenvalue weighted by Gasteiger charge is 2.27. The Morgan fingerprint density at radius 2 is 2.20 bits per heavy atom. The number of ether oxygens (including phenoxy) is 1. The SMILES string of the molecule is COc1nc(/C(C)=C/[C@H]2CCC(=O)N2)ccc1C1CC1. The van der Waals surface area contributed by atoms with Gasteiger partial charge in [-0.15, -0.1) is 0 Å². The molecule has 1 aliphatic heterocycles. The van der Waals surface area contributed by atoms with Crippen molar-refractivity contribution in [2.45, 2.75) is 44.6 Å². The normalized spacial score (nSPS) is 22.8. The maximum atomic E-state index is 11.2. The predicted molar refractivity (Wildman–Crippen MR) is 77.6 cm³/mol. The highest BCUT2D eigenvalue weighted by molar-refractivity contribution is 5.79. The zero-order valence-electron chi connectivity index (χ0n) is 12.0. The molecular weight excluding hydrogens is 252 g/mol. The van der Waals surface area contributed by atoms with Crippen molar-refractivity contribution in [3.63, 3.8) is 0 Å². The van der Waals surface area contributed by atoms with Gasteiger partial charge in [-0.05, 0) is 43.7 Å². The van der Waals surface area contributed by atoms with Gasteiger partial charge in [-0.3, -0.25) is 4.79 Å². The third-order valence-electron chi connectivity index (χ3n) is 3.98. The molecule has 1 atom stereocenters. The van der Waals surface area contributed by atoms with E-state index in [0.717, 1.165) is 23.6 Å². The Balaban J connectivity index is 1.82. The van der Waals surface area contributed by atoms with Gasteiger partial charge in [0.2, 0.25) is 11.8 Å². The first-order valence-corrected chi connectivity index (χ1v) is 7.20. The third-order valence-corrected chi connectivity index (χ3v) is 3.98. The summed E-state index contributed by atoms with van der Waals surface area (Å²) >= 11 is 0. The van der Waals surface area contributed by atoms with Crippen LogP contribution in [-0.4, -0.2) is 24.0 Å². The van der Waals surface area contributed by atoms with Crippen molar-refractivity contribution in [1.82, 2.24) is 10.3 Å². The number of carbonyl (C=O) groups excluding carboxylic acids is 1. The Labute approximate surface area is 119 Å². The van der Waals surface area contributed by atoms with Gasteiger partial charge in [0.1, 0.15) is 0 Å². The van der Waals surface area contributed by atoms with Crippen LogP contribution < -0.4 is 10.1 Å². The van der Waals surface area contributed by atoms with Crippen molar-refractivity contribution in [3.05, 3.63) is 29.5 Å². The summed E-state index contributed by atoms with van der Waals surface area (Å²) in [5.41, 5.74) is 3.23. The summed E-state index contributed by atoms with van der Waals surface area (Å²) < 4.78 is 5.42. The number of methoxy groups -OCH3 is 1. The molecule has 0 unspecified atom stereocenters. The summed E-state index contributed by atoms with van der Waals surface area (Å²) in [6.07, 6.45) is 6.05. The molecule has 1 saturated heterocycles. The van der Waals surface area contributed by atoms with Gasteiger partial charge >= 0.3 is 0 Å². The molecule has 0 spiro atoms. The Morgan fingerprint density at radius 3 is 2.80 bits per heavy atom. The first-order valence-electron chi connectivity index (χ1n) is 7.20. The van der Waals surface area contributed by atoms with Gasteiger partial charge < -0.3 is 10.1 Å². The van der Waals surface area contributed by atoms with Crippen LogP contribution in [0.1, 0.15) is 49.8 Å². The fourth-order valence-corrected chi connectivity index (χ4v) is 2.69. The number of nitrogens with one attached hydrogen (secondary N) is 1. The molecule has 2 aliphatic rings. The van der Waals surface area contributed by atoms with Crippen molar-refractivity contribution in [2.24, 2.45) is 0 Å². The van der Waals surface area contributed by atoms with Gasteiger partial charge in [-0.25, -0.2) is 4.98 Å². The van der Waals surface area contributed by atoms with E-state index in [2.05, 4.69) is 28.5 Å². The molecule has 0 bridgehead atoms. The van der Waals surface area contributed by atoms with E-state index in [1.165, 1.54) is 18.4 Å². The number of allylic oxidation sites excluding steroid dienone is 1. The van der Waals surface area contributed by atoms with Gasteiger partial charge in [-0.1, -0.05) is 12.1 Å². The van der Waals surface area contributed by atoms with Crippen LogP contribution in [0.2, 0.25) is 0 Å². The molecule has 1 aliphatic carbocycles. The third kappa shape index (κ3) is 2.69. The van der Waals surface area contributed by atoms with Crippen LogP contribution in [0.5, 0.6) is 5.88 Å². The number of hydrogen-bond acceptors (Lipinski definition) is 3. The molecular formula is C16H20N2O2. The van der Waals surface area contributed by atoms with Crippen molar-refractivity contribution in [1.29, 1.82) is 0 Å². The smallest absolute Gasteiger partial charge is 0.220 e. The molecule has 1 aromatic rings. The van der Waals surface area contributed by atoms with E-state index in [1.54, 1.807) is 7.11 Å². The van der Waals surface area contributed by atoms with Gasteiger partial charge in [0, 0.05) is 18.0 Å². The summed E-state index contributed by atoms with van der Waals surface area (Å²) in [7, 11) is 1.67. The van der Waals surface area contributed by atoms with E-state index in [-0.39, 0.29) is 11.9 Å². The van der Waals surface area contributed by atoms with Crippen molar-refractivity contribution < 1.29 is 9.53 Å². The van der Waals surface area contributed by atoms with Crippen molar-refractivity contribution >= 4 is 11.5 Å². The highest BCUT2D eigenvalue weighted by atomic mass is 16.5. The van der Waals surface area contributed by atoms with Crippen LogP contribution in [0.15, 0.2) is 18.2 Å². The number of pyridine rings is 1. The van der Waals surface area contributed by atoms with Crippen LogP contribution >= 0.6 is 0 Å². The monoisotopic (exact) mass is 272 g/mol. The lowest BCUT2D eigenvalue weighted by Gasteiger charge is -2.11. The van der Waals surface area contributed by atoms with Crippen LogP contribution in [0, 0.1) is 0 Å². The van der Waals surface area contributed by atoms with Gasteiger partial charge in [0.25, 0.3) is 0 Å². The summed E-state index contributed by atoms with van der Waals surface area (Å²) in [5.74, 6) is 1.51. The first-order chi connectivity index (χ1) is 9.67. The predicted octanol–water partition coefficient (Wildman–Crippen LogP) is 2.65. The maximum Gasteiger partial charge on any atom is 0.220 e. The number of amides is 1. The van der Waals surface area contributed by atoms with Crippen molar-refractivity contribution in [2.75, 3.05) is 7.11 Å². The topological polar surface area (TPSA) is 51.2 Å². The highest BCUT2D eigenvalue weighted by Crippen LogP contribution is 2.43. The van der Waals surface area contributed by atoms with E-state index >= 15 is 0 Å². The Kier molecular flexibility index (Phi) is 3.47. The number of aromatic nitrogens is 1. The van der Waals surface area contributed by atoms with E-state index in [0.29, 0.717) is 12.3 Å².